The zero-order valence-corrected chi connectivity index (χ0v) is 9.50. The Morgan fingerprint density at radius 3 is 3.06 bits per heavy atom. The predicted octanol–water partition coefficient (Wildman–Crippen LogP) is 2.21. The zero-order valence-electron chi connectivity index (χ0n) is 8.69. The number of nitrogens with zero attached hydrogens (tertiary/aromatic N) is 1. The fraction of sp³-hybridized carbons (Fsp3) is 0.167. The monoisotopic (exact) mass is 231 g/mol. The molecule has 0 atom stereocenters. The summed E-state index contributed by atoms with van der Waals surface area (Å²) in [6.45, 7) is 2.09. The van der Waals surface area contributed by atoms with Crippen molar-refractivity contribution in [2.75, 3.05) is 6.61 Å². The standard InChI is InChI=1S/C12H9NO2S/c1-2-15-12(14)8-7-11-13-9-5-3-4-6-10(9)16-11/h3-6H,2H2,1H3. The van der Waals surface area contributed by atoms with Crippen LogP contribution in [-0.2, 0) is 9.53 Å². The first kappa shape index (κ1) is 10.7. The van der Waals surface area contributed by atoms with Crippen LogP contribution in [0.25, 0.3) is 10.2 Å². The molecule has 0 unspecified atom stereocenters. The number of ether oxygens (including phenoxy) is 1. The quantitative estimate of drug-likeness (QED) is 0.558. The van der Waals surface area contributed by atoms with Crippen molar-refractivity contribution >= 4 is 27.5 Å². The fourth-order valence-corrected chi connectivity index (χ4v) is 2.02. The molecule has 0 aliphatic carbocycles. The Bertz CT molecular complexity index is 544. The van der Waals surface area contributed by atoms with E-state index in [-0.39, 0.29) is 0 Å². The van der Waals surface area contributed by atoms with Crippen LogP contribution >= 0.6 is 11.3 Å². The molecule has 4 heteroatoms. The second-order valence-corrected chi connectivity index (χ2v) is 3.99. The molecular weight excluding hydrogens is 222 g/mol. The van der Waals surface area contributed by atoms with E-state index in [0.29, 0.717) is 11.6 Å². The SMILES string of the molecule is CCOC(=O)C#Cc1nc2ccccc2s1. The molecule has 3 nitrogen and oxygen atoms in total. The highest BCUT2D eigenvalue weighted by molar-refractivity contribution is 7.19. The summed E-state index contributed by atoms with van der Waals surface area (Å²) in [6.07, 6.45) is 0. The second kappa shape index (κ2) is 4.77. The number of esters is 1. The van der Waals surface area contributed by atoms with E-state index in [1.807, 2.05) is 24.3 Å². The van der Waals surface area contributed by atoms with E-state index in [1.165, 1.54) is 11.3 Å². The van der Waals surface area contributed by atoms with Gasteiger partial charge in [-0.1, -0.05) is 12.1 Å². The summed E-state index contributed by atoms with van der Waals surface area (Å²) in [5.41, 5.74) is 0.903. The van der Waals surface area contributed by atoms with Crippen molar-refractivity contribution in [3.05, 3.63) is 29.3 Å². The first-order valence-corrected chi connectivity index (χ1v) is 5.65. The van der Waals surface area contributed by atoms with Crippen LogP contribution in [0.2, 0.25) is 0 Å². The van der Waals surface area contributed by atoms with Crippen LogP contribution in [-0.4, -0.2) is 17.6 Å². The van der Waals surface area contributed by atoms with Crippen molar-refractivity contribution in [3.8, 4) is 11.8 Å². The minimum absolute atomic E-state index is 0.341. The number of hydrogen-bond donors (Lipinski definition) is 0. The summed E-state index contributed by atoms with van der Waals surface area (Å²) in [4.78, 5) is 15.3. The van der Waals surface area contributed by atoms with Gasteiger partial charge in [0.1, 0.15) is 0 Å². The van der Waals surface area contributed by atoms with E-state index in [2.05, 4.69) is 16.8 Å². The van der Waals surface area contributed by atoms with Crippen LogP contribution in [0, 0.1) is 11.8 Å². The predicted molar refractivity (Wildman–Crippen MR) is 63.1 cm³/mol. The molecule has 2 rings (SSSR count). The van der Waals surface area contributed by atoms with Gasteiger partial charge in [-0.15, -0.1) is 11.3 Å². The summed E-state index contributed by atoms with van der Waals surface area (Å²) >= 11 is 1.46. The third-order valence-corrected chi connectivity index (χ3v) is 2.79. The number of para-hydroxylation sites is 1. The van der Waals surface area contributed by atoms with Crippen molar-refractivity contribution in [1.29, 1.82) is 0 Å². The highest BCUT2D eigenvalue weighted by Gasteiger charge is 2.00. The Kier molecular flexibility index (Phi) is 3.18. The summed E-state index contributed by atoms with van der Waals surface area (Å²) in [6, 6.07) is 7.76. The first-order valence-electron chi connectivity index (χ1n) is 4.84. The maximum Gasteiger partial charge on any atom is 0.384 e. The molecule has 0 aliphatic heterocycles. The molecule has 0 bridgehead atoms. The lowest BCUT2D eigenvalue weighted by Gasteiger charge is -1.89. The molecule has 0 N–H and O–H groups in total. The van der Waals surface area contributed by atoms with Crippen molar-refractivity contribution < 1.29 is 9.53 Å². The first-order chi connectivity index (χ1) is 7.79. The fourth-order valence-electron chi connectivity index (χ4n) is 1.20. The number of hydrogen-bond acceptors (Lipinski definition) is 4. The van der Waals surface area contributed by atoms with Crippen LogP contribution in [0.1, 0.15) is 11.9 Å². The lowest BCUT2D eigenvalue weighted by molar-refractivity contribution is -0.136. The Labute approximate surface area is 97.1 Å². The third kappa shape index (κ3) is 2.38. The molecule has 1 heterocycles. The van der Waals surface area contributed by atoms with Gasteiger partial charge in [0.15, 0.2) is 5.01 Å². The highest BCUT2D eigenvalue weighted by Crippen LogP contribution is 2.20. The highest BCUT2D eigenvalue weighted by atomic mass is 32.1. The van der Waals surface area contributed by atoms with Crippen LogP contribution < -0.4 is 0 Å². The van der Waals surface area contributed by atoms with Crippen molar-refractivity contribution in [3.63, 3.8) is 0 Å². The van der Waals surface area contributed by atoms with E-state index < -0.39 is 5.97 Å². The maximum atomic E-state index is 11.0. The van der Waals surface area contributed by atoms with Crippen LogP contribution in [0.5, 0.6) is 0 Å². The molecule has 16 heavy (non-hydrogen) atoms. The van der Waals surface area contributed by atoms with Gasteiger partial charge in [0, 0.05) is 5.92 Å². The lowest BCUT2D eigenvalue weighted by atomic mass is 10.3. The largest absolute Gasteiger partial charge is 0.456 e. The number of thiazole rings is 1. The van der Waals surface area contributed by atoms with Gasteiger partial charge < -0.3 is 4.74 Å². The smallest absolute Gasteiger partial charge is 0.384 e. The van der Waals surface area contributed by atoms with Gasteiger partial charge in [-0.25, -0.2) is 9.78 Å². The molecule has 0 spiro atoms. The van der Waals surface area contributed by atoms with E-state index in [9.17, 15) is 4.79 Å². The molecule has 0 aliphatic rings. The number of aromatic nitrogens is 1. The number of rotatable bonds is 1. The van der Waals surface area contributed by atoms with Crippen LogP contribution in [0.4, 0.5) is 0 Å². The van der Waals surface area contributed by atoms with E-state index in [4.69, 9.17) is 4.74 Å². The molecule has 0 saturated heterocycles. The van der Waals surface area contributed by atoms with Gasteiger partial charge in [-0.3, -0.25) is 0 Å². The molecule has 1 aromatic carbocycles. The van der Waals surface area contributed by atoms with Crippen molar-refractivity contribution in [2.45, 2.75) is 6.92 Å². The molecule has 0 fully saturated rings. The van der Waals surface area contributed by atoms with Crippen molar-refractivity contribution in [2.24, 2.45) is 0 Å². The molecule has 1 aromatic heterocycles. The Hall–Kier alpha value is -1.86. The topological polar surface area (TPSA) is 39.2 Å². The van der Waals surface area contributed by atoms with Crippen LogP contribution in [0.3, 0.4) is 0 Å². The average molecular weight is 231 g/mol. The summed E-state index contributed by atoms with van der Waals surface area (Å²) in [5, 5.41) is 0.634. The second-order valence-electron chi connectivity index (χ2n) is 2.96. The van der Waals surface area contributed by atoms with E-state index in [0.717, 1.165) is 10.2 Å². The molecular formula is C12H9NO2S. The average Bonchev–Trinajstić information content (AvgIpc) is 2.69. The summed E-state index contributed by atoms with van der Waals surface area (Å²) < 4.78 is 5.77. The summed E-state index contributed by atoms with van der Waals surface area (Å²) in [5.74, 6) is 4.59. The Balaban J connectivity index is 2.24. The van der Waals surface area contributed by atoms with Gasteiger partial charge in [0.2, 0.25) is 0 Å². The summed E-state index contributed by atoms with van der Waals surface area (Å²) in [7, 11) is 0. The van der Waals surface area contributed by atoms with Gasteiger partial charge >= 0.3 is 5.97 Å². The third-order valence-electron chi connectivity index (χ3n) is 1.84. The normalized spacial score (nSPS) is 9.56. The van der Waals surface area contributed by atoms with Gasteiger partial charge in [0.25, 0.3) is 0 Å². The maximum absolute atomic E-state index is 11.0. The number of fused-ring (bicyclic) bond motifs is 1. The van der Waals surface area contributed by atoms with Gasteiger partial charge in [0.05, 0.1) is 16.8 Å². The molecule has 0 radical (unpaired) electrons. The Morgan fingerprint density at radius 1 is 1.50 bits per heavy atom. The zero-order chi connectivity index (χ0) is 11.4. The minimum Gasteiger partial charge on any atom is -0.456 e. The Morgan fingerprint density at radius 2 is 2.31 bits per heavy atom. The molecule has 0 amide bonds. The molecule has 2 aromatic rings. The molecule has 0 saturated carbocycles. The van der Waals surface area contributed by atoms with E-state index in [1.54, 1.807) is 6.92 Å². The number of carbonyl (C=O) groups excluding carboxylic acids is 1. The lowest BCUT2D eigenvalue weighted by Crippen LogP contribution is -1.99. The molecule has 80 valence electrons. The number of benzene rings is 1. The van der Waals surface area contributed by atoms with Crippen molar-refractivity contribution in [1.82, 2.24) is 4.98 Å². The number of carbonyl (C=O) groups is 1. The van der Waals surface area contributed by atoms with Crippen LogP contribution in [0.15, 0.2) is 24.3 Å². The van der Waals surface area contributed by atoms with Gasteiger partial charge in [-0.2, -0.15) is 0 Å². The van der Waals surface area contributed by atoms with Gasteiger partial charge in [-0.05, 0) is 25.0 Å². The van der Waals surface area contributed by atoms with E-state index >= 15 is 0 Å². The minimum atomic E-state index is -0.512.